The molecule has 0 aliphatic carbocycles. The first-order valence-electron chi connectivity index (χ1n) is 8.28. The molecule has 1 atom stereocenters. The molecule has 1 amide bonds. The van der Waals surface area contributed by atoms with Crippen LogP contribution in [0.25, 0.3) is 0 Å². The standard InChI is InChI=1S/C19H16FN3O4S/c20-15-4-2-1-3-13(15)11-27-14-7-5-12(6-8-14)10-21-23-19-22-18(26)16(28-19)9-17(24)25/h1-8,10,16H,9,11H2,(H,24,25)(H,22,23,26). The lowest BCUT2D eigenvalue weighted by atomic mass is 10.2. The predicted molar refractivity (Wildman–Crippen MR) is 104 cm³/mol. The van der Waals surface area contributed by atoms with E-state index in [0.29, 0.717) is 11.3 Å². The number of amides is 1. The normalized spacial score (nSPS) is 17.8. The zero-order valence-corrected chi connectivity index (χ0v) is 15.4. The van der Waals surface area contributed by atoms with Crippen molar-refractivity contribution in [2.24, 2.45) is 10.2 Å². The third-order valence-corrected chi connectivity index (χ3v) is 4.80. The summed E-state index contributed by atoms with van der Waals surface area (Å²) in [6.45, 7) is 0.127. The van der Waals surface area contributed by atoms with E-state index in [4.69, 9.17) is 9.84 Å². The number of aliphatic carboxylic acids is 1. The summed E-state index contributed by atoms with van der Waals surface area (Å²) in [4.78, 5) is 22.3. The highest BCUT2D eigenvalue weighted by atomic mass is 32.2. The van der Waals surface area contributed by atoms with Gasteiger partial charge in [0, 0.05) is 5.56 Å². The molecule has 1 aliphatic heterocycles. The van der Waals surface area contributed by atoms with E-state index < -0.39 is 17.1 Å². The van der Waals surface area contributed by atoms with Crippen LogP contribution in [0.3, 0.4) is 0 Å². The van der Waals surface area contributed by atoms with Crippen LogP contribution in [0, 0.1) is 5.82 Å². The number of hydrogen-bond donors (Lipinski definition) is 2. The highest BCUT2D eigenvalue weighted by molar-refractivity contribution is 8.15. The summed E-state index contributed by atoms with van der Waals surface area (Å²) >= 11 is 1.03. The van der Waals surface area contributed by atoms with Crippen molar-refractivity contribution < 1.29 is 23.8 Å². The van der Waals surface area contributed by atoms with E-state index in [2.05, 4.69) is 15.5 Å². The molecular weight excluding hydrogens is 385 g/mol. The number of carbonyl (C=O) groups excluding carboxylic acids is 1. The van der Waals surface area contributed by atoms with Gasteiger partial charge in [-0.2, -0.15) is 5.10 Å². The van der Waals surface area contributed by atoms with E-state index in [1.54, 1.807) is 42.5 Å². The summed E-state index contributed by atoms with van der Waals surface area (Å²) in [5, 5.41) is 18.6. The molecule has 1 aliphatic rings. The third-order valence-electron chi connectivity index (χ3n) is 3.72. The van der Waals surface area contributed by atoms with Crippen molar-refractivity contribution in [3.8, 4) is 5.75 Å². The van der Waals surface area contributed by atoms with E-state index in [1.807, 2.05) is 0 Å². The first kappa shape index (κ1) is 19.6. The number of amidine groups is 1. The fourth-order valence-corrected chi connectivity index (χ4v) is 3.23. The summed E-state index contributed by atoms with van der Waals surface area (Å²) in [7, 11) is 0. The third kappa shape index (κ3) is 5.40. The van der Waals surface area contributed by atoms with Gasteiger partial charge in [0.1, 0.15) is 23.4 Å². The van der Waals surface area contributed by atoms with Crippen molar-refractivity contribution in [3.63, 3.8) is 0 Å². The number of carboxylic acids is 1. The van der Waals surface area contributed by atoms with Crippen LogP contribution < -0.4 is 10.1 Å². The number of thioether (sulfide) groups is 1. The number of ether oxygens (including phenoxy) is 1. The summed E-state index contributed by atoms with van der Waals surface area (Å²) in [5.41, 5.74) is 1.22. The second kappa shape index (κ2) is 9.14. The molecule has 3 rings (SSSR count). The number of rotatable bonds is 7. The van der Waals surface area contributed by atoms with Gasteiger partial charge in [-0.25, -0.2) is 4.39 Å². The lowest BCUT2D eigenvalue weighted by Gasteiger charge is -2.07. The van der Waals surface area contributed by atoms with Gasteiger partial charge in [0.15, 0.2) is 5.17 Å². The number of halogens is 1. The van der Waals surface area contributed by atoms with E-state index in [9.17, 15) is 14.0 Å². The topological polar surface area (TPSA) is 100 Å². The molecule has 7 nitrogen and oxygen atoms in total. The highest BCUT2D eigenvalue weighted by Crippen LogP contribution is 2.22. The molecule has 2 aromatic rings. The van der Waals surface area contributed by atoms with Crippen molar-refractivity contribution >= 4 is 35.0 Å². The van der Waals surface area contributed by atoms with Crippen molar-refractivity contribution in [2.45, 2.75) is 18.3 Å². The van der Waals surface area contributed by atoms with Crippen LogP contribution in [0.4, 0.5) is 4.39 Å². The monoisotopic (exact) mass is 401 g/mol. The maximum absolute atomic E-state index is 13.6. The Morgan fingerprint density at radius 3 is 2.71 bits per heavy atom. The van der Waals surface area contributed by atoms with Crippen molar-refractivity contribution in [3.05, 3.63) is 65.5 Å². The maximum Gasteiger partial charge on any atom is 0.305 e. The second-order valence-corrected chi connectivity index (χ2v) is 6.98. The van der Waals surface area contributed by atoms with Gasteiger partial charge in [-0.3, -0.25) is 9.59 Å². The van der Waals surface area contributed by atoms with Crippen LogP contribution in [0.15, 0.2) is 58.7 Å². The van der Waals surface area contributed by atoms with E-state index >= 15 is 0 Å². The zero-order chi connectivity index (χ0) is 19.9. The Hall–Kier alpha value is -3.20. The van der Waals surface area contributed by atoms with Gasteiger partial charge >= 0.3 is 5.97 Å². The molecule has 1 fully saturated rings. The van der Waals surface area contributed by atoms with Gasteiger partial charge in [-0.05, 0) is 35.9 Å². The number of benzene rings is 2. The molecule has 0 bridgehead atoms. The lowest BCUT2D eigenvalue weighted by molar-refractivity contribution is -0.138. The number of carboxylic acid groups (broad SMARTS) is 1. The van der Waals surface area contributed by atoms with Gasteiger partial charge < -0.3 is 15.2 Å². The lowest BCUT2D eigenvalue weighted by Crippen LogP contribution is -2.26. The smallest absolute Gasteiger partial charge is 0.305 e. The maximum atomic E-state index is 13.6. The molecule has 0 spiro atoms. The summed E-state index contributed by atoms with van der Waals surface area (Å²) in [5.74, 6) is -1.16. The van der Waals surface area contributed by atoms with Gasteiger partial charge in [-0.1, -0.05) is 30.0 Å². The van der Waals surface area contributed by atoms with Gasteiger partial charge in [0.2, 0.25) is 5.91 Å². The molecule has 9 heteroatoms. The molecule has 0 aromatic heterocycles. The first-order valence-corrected chi connectivity index (χ1v) is 9.16. The summed E-state index contributed by atoms with van der Waals surface area (Å²) in [6.07, 6.45) is 1.22. The second-order valence-electron chi connectivity index (χ2n) is 5.79. The molecule has 28 heavy (non-hydrogen) atoms. The van der Waals surface area contributed by atoms with Crippen LogP contribution >= 0.6 is 11.8 Å². The molecule has 2 N–H and O–H groups in total. The van der Waals surface area contributed by atoms with Crippen molar-refractivity contribution in [2.75, 3.05) is 0 Å². The number of carbonyl (C=O) groups is 2. The molecule has 1 heterocycles. The Labute approximate surface area is 164 Å². The van der Waals surface area contributed by atoms with E-state index in [0.717, 1.165) is 17.3 Å². The van der Waals surface area contributed by atoms with Crippen LogP contribution in [-0.2, 0) is 16.2 Å². The summed E-state index contributed by atoms with van der Waals surface area (Å²) in [6, 6.07) is 13.4. The van der Waals surface area contributed by atoms with Crippen LogP contribution in [0.2, 0.25) is 0 Å². The molecule has 0 radical (unpaired) electrons. The Morgan fingerprint density at radius 1 is 1.25 bits per heavy atom. The van der Waals surface area contributed by atoms with Gasteiger partial charge in [0.25, 0.3) is 0 Å². The number of nitrogens with one attached hydrogen (secondary N) is 1. The number of nitrogens with zero attached hydrogens (tertiary/aromatic N) is 2. The van der Waals surface area contributed by atoms with E-state index in [-0.39, 0.29) is 24.0 Å². The van der Waals surface area contributed by atoms with Crippen molar-refractivity contribution in [1.29, 1.82) is 0 Å². The first-order chi connectivity index (χ1) is 13.5. The Balaban J connectivity index is 1.53. The quantitative estimate of drug-likeness (QED) is 0.549. The van der Waals surface area contributed by atoms with E-state index in [1.165, 1.54) is 12.3 Å². The Bertz CT molecular complexity index is 931. The molecule has 1 saturated heterocycles. The zero-order valence-electron chi connectivity index (χ0n) is 14.5. The van der Waals surface area contributed by atoms with Crippen LogP contribution in [0.5, 0.6) is 5.75 Å². The minimum atomic E-state index is -1.05. The Kier molecular flexibility index (Phi) is 6.38. The van der Waals surface area contributed by atoms with Crippen LogP contribution in [-0.4, -0.2) is 33.6 Å². The largest absolute Gasteiger partial charge is 0.489 e. The number of hydrogen-bond acceptors (Lipinski definition) is 6. The molecule has 1 unspecified atom stereocenters. The molecular formula is C19H16FN3O4S. The SMILES string of the molecule is O=C(O)CC1S/C(=N/N=Cc2ccc(OCc3ccccc3F)cc2)NC1=O. The van der Waals surface area contributed by atoms with Crippen LogP contribution in [0.1, 0.15) is 17.5 Å². The average molecular weight is 401 g/mol. The summed E-state index contributed by atoms with van der Waals surface area (Å²) < 4.78 is 19.1. The van der Waals surface area contributed by atoms with Crippen molar-refractivity contribution in [1.82, 2.24) is 5.32 Å². The molecule has 2 aromatic carbocycles. The van der Waals surface area contributed by atoms with Gasteiger partial charge in [0.05, 0.1) is 12.6 Å². The molecule has 0 saturated carbocycles. The minimum Gasteiger partial charge on any atom is -0.489 e. The fourth-order valence-electron chi connectivity index (χ4n) is 2.32. The fraction of sp³-hybridized carbons (Fsp3) is 0.158. The molecule has 144 valence electrons. The Morgan fingerprint density at radius 2 is 2.00 bits per heavy atom. The highest BCUT2D eigenvalue weighted by Gasteiger charge is 2.32. The van der Waals surface area contributed by atoms with Gasteiger partial charge in [-0.15, -0.1) is 5.10 Å². The predicted octanol–water partition coefficient (Wildman–Crippen LogP) is 2.80. The minimum absolute atomic E-state index is 0.127. The average Bonchev–Trinajstić information content (AvgIpc) is 3.01.